The highest BCUT2D eigenvalue weighted by molar-refractivity contribution is 7.10. The van der Waals surface area contributed by atoms with Crippen LogP contribution in [0.3, 0.4) is 0 Å². The molecule has 1 atom stereocenters. The molecule has 0 aliphatic carbocycles. The van der Waals surface area contributed by atoms with Crippen molar-refractivity contribution in [2.75, 3.05) is 0 Å². The molecular weight excluding hydrogens is 284 g/mol. The molecule has 0 radical (unpaired) electrons. The Morgan fingerprint density at radius 3 is 2.65 bits per heavy atom. The number of hydrogen-bond donors (Lipinski definition) is 2. The van der Waals surface area contributed by atoms with Gasteiger partial charge in [0.2, 0.25) is 0 Å². The summed E-state index contributed by atoms with van der Waals surface area (Å²) < 4.78 is 13.2. The molecule has 0 aliphatic rings. The molecule has 17 heavy (non-hydrogen) atoms. The molecule has 2 rings (SSSR count). The molecule has 0 saturated carbocycles. The Hall–Kier alpha value is -0.810. The normalized spacial score (nSPS) is 11.9. The SMILES string of the molecule is Cl.N[C@H](c1cccs1)c1c(Cl)ccc(F)c1O. The third kappa shape index (κ3) is 2.72. The maximum Gasteiger partial charge on any atom is 0.165 e. The number of halogens is 3. The summed E-state index contributed by atoms with van der Waals surface area (Å²) in [6.07, 6.45) is 0. The number of benzene rings is 1. The summed E-state index contributed by atoms with van der Waals surface area (Å²) >= 11 is 7.34. The van der Waals surface area contributed by atoms with Crippen LogP contribution in [0.2, 0.25) is 5.02 Å². The molecule has 2 nitrogen and oxygen atoms in total. The van der Waals surface area contributed by atoms with Gasteiger partial charge in [0.05, 0.1) is 6.04 Å². The predicted molar refractivity (Wildman–Crippen MR) is 70.7 cm³/mol. The van der Waals surface area contributed by atoms with Crippen molar-refractivity contribution in [3.63, 3.8) is 0 Å². The smallest absolute Gasteiger partial charge is 0.165 e. The van der Waals surface area contributed by atoms with Gasteiger partial charge in [0.15, 0.2) is 11.6 Å². The number of thiophene rings is 1. The molecule has 0 bridgehead atoms. The summed E-state index contributed by atoms with van der Waals surface area (Å²) in [7, 11) is 0. The summed E-state index contributed by atoms with van der Waals surface area (Å²) in [5.41, 5.74) is 6.16. The van der Waals surface area contributed by atoms with Crippen molar-refractivity contribution in [1.29, 1.82) is 0 Å². The minimum Gasteiger partial charge on any atom is -0.505 e. The van der Waals surface area contributed by atoms with E-state index in [2.05, 4.69) is 0 Å². The standard InChI is InChI=1S/C11H9ClFNOS.ClH/c12-6-3-4-7(13)11(15)9(6)10(14)8-2-1-5-16-8;/h1-5,10,15H,14H2;1H/t10-;/m1./s1. The van der Waals surface area contributed by atoms with Gasteiger partial charge in [-0.25, -0.2) is 4.39 Å². The van der Waals surface area contributed by atoms with Gasteiger partial charge < -0.3 is 10.8 Å². The van der Waals surface area contributed by atoms with Crippen LogP contribution in [0.4, 0.5) is 4.39 Å². The number of aromatic hydroxyl groups is 1. The second-order valence-corrected chi connectivity index (χ2v) is 4.67. The molecule has 1 aromatic carbocycles. The van der Waals surface area contributed by atoms with Crippen LogP contribution >= 0.6 is 35.3 Å². The van der Waals surface area contributed by atoms with E-state index >= 15 is 0 Å². The van der Waals surface area contributed by atoms with Crippen LogP contribution in [-0.4, -0.2) is 5.11 Å². The van der Waals surface area contributed by atoms with Gasteiger partial charge in [0, 0.05) is 15.5 Å². The Labute approximate surface area is 113 Å². The quantitative estimate of drug-likeness (QED) is 0.886. The third-order valence-electron chi connectivity index (χ3n) is 2.28. The third-order valence-corrected chi connectivity index (χ3v) is 3.56. The maximum absolute atomic E-state index is 13.2. The molecule has 92 valence electrons. The fraction of sp³-hybridized carbons (Fsp3) is 0.0909. The molecule has 0 fully saturated rings. The highest BCUT2D eigenvalue weighted by Gasteiger charge is 2.20. The Kier molecular flexibility index (Phi) is 4.77. The molecule has 0 amide bonds. The Bertz CT molecular complexity index is 504. The number of hydrogen-bond acceptors (Lipinski definition) is 3. The lowest BCUT2D eigenvalue weighted by Gasteiger charge is -2.14. The first-order valence-electron chi connectivity index (χ1n) is 4.57. The molecule has 0 aliphatic heterocycles. The lowest BCUT2D eigenvalue weighted by Crippen LogP contribution is -2.11. The summed E-state index contributed by atoms with van der Waals surface area (Å²) in [6, 6.07) is 5.55. The molecule has 6 heteroatoms. The van der Waals surface area contributed by atoms with Gasteiger partial charge >= 0.3 is 0 Å². The van der Waals surface area contributed by atoms with Crippen LogP contribution in [0.15, 0.2) is 29.6 Å². The van der Waals surface area contributed by atoms with Gasteiger partial charge in [-0.3, -0.25) is 0 Å². The lowest BCUT2D eigenvalue weighted by molar-refractivity contribution is 0.424. The first kappa shape index (κ1) is 14.3. The van der Waals surface area contributed by atoms with Crippen LogP contribution in [0.1, 0.15) is 16.5 Å². The van der Waals surface area contributed by atoms with Crippen molar-refractivity contribution in [3.8, 4) is 5.75 Å². The largest absolute Gasteiger partial charge is 0.505 e. The van der Waals surface area contributed by atoms with E-state index in [1.807, 2.05) is 17.5 Å². The van der Waals surface area contributed by atoms with E-state index in [1.165, 1.54) is 17.4 Å². The van der Waals surface area contributed by atoms with Crippen LogP contribution in [0.25, 0.3) is 0 Å². The van der Waals surface area contributed by atoms with Crippen molar-refractivity contribution in [3.05, 3.63) is 50.9 Å². The monoisotopic (exact) mass is 293 g/mol. The van der Waals surface area contributed by atoms with E-state index in [1.54, 1.807) is 0 Å². The Balaban J connectivity index is 0.00000144. The number of rotatable bonds is 2. The Morgan fingerprint density at radius 2 is 2.06 bits per heavy atom. The second kappa shape index (κ2) is 5.69. The first-order valence-corrected chi connectivity index (χ1v) is 5.83. The van der Waals surface area contributed by atoms with Crippen molar-refractivity contribution < 1.29 is 9.50 Å². The summed E-state index contributed by atoms with van der Waals surface area (Å²) in [5.74, 6) is -1.19. The van der Waals surface area contributed by atoms with Gasteiger partial charge in [0.1, 0.15) is 0 Å². The van der Waals surface area contributed by atoms with Crippen LogP contribution in [0, 0.1) is 5.82 Å². The average Bonchev–Trinajstić information content (AvgIpc) is 2.77. The molecule has 1 heterocycles. The molecular formula is C11H10Cl2FNOS. The highest BCUT2D eigenvalue weighted by atomic mass is 35.5. The molecule has 0 spiro atoms. The number of nitrogens with two attached hydrogens (primary N) is 1. The fourth-order valence-electron chi connectivity index (χ4n) is 1.46. The van der Waals surface area contributed by atoms with Gasteiger partial charge in [-0.15, -0.1) is 23.7 Å². The fourth-order valence-corrected chi connectivity index (χ4v) is 2.47. The average molecular weight is 294 g/mol. The van der Waals surface area contributed by atoms with E-state index in [-0.39, 0.29) is 23.0 Å². The van der Waals surface area contributed by atoms with Crippen LogP contribution in [0.5, 0.6) is 5.75 Å². The zero-order valence-corrected chi connectivity index (χ0v) is 11.0. The number of phenolic OH excluding ortho intramolecular Hbond substituents is 1. The summed E-state index contributed by atoms with van der Waals surface area (Å²) in [4.78, 5) is 0.822. The minimum atomic E-state index is -0.716. The molecule has 1 aromatic heterocycles. The molecule has 3 N–H and O–H groups in total. The van der Waals surface area contributed by atoms with E-state index in [0.29, 0.717) is 0 Å². The van der Waals surface area contributed by atoms with E-state index < -0.39 is 17.6 Å². The predicted octanol–water partition coefficient (Wildman–Crippen LogP) is 3.72. The summed E-state index contributed by atoms with van der Waals surface area (Å²) in [5, 5.41) is 11.7. The van der Waals surface area contributed by atoms with Crippen LogP contribution < -0.4 is 5.73 Å². The van der Waals surface area contributed by atoms with Crippen molar-refractivity contribution in [1.82, 2.24) is 0 Å². The topological polar surface area (TPSA) is 46.2 Å². The molecule has 0 saturated heterocycles. The lowest BCUT2D eigenvalue weighted by atomic mass is 10.0. The highest BCUT2D eigenvalue weighted by Crippen LogP contribution is 2.36. The molecule has 2 aromatic rings. The van der Waals surface area contributed by atoms with Crippen molar-refractivity contribution in [2.45, 2.75) is 6.04 Å². The summed E-state index contributed by atoms with van der Waals surface area (Å²) in [6.45, 7) is 0. The van der Waals surface area contributed by atoms with Crippen LogP contribution in [-0.2, 0) is 0 Å². The number of phenols is 1. The van der Waals surface area contributed by atoms with Crippen molar-refractivity contribution >= 4 is 35.3 Å². The van der Waals surface area contributed by atoms with E-state index in [0.717, 1.165) is 10.9 Å². The van der Waals surface area contributed by atoms with E-state index in [4.69, 9.17) is 17.3 Å². The zero-order valence-electron chi connectivity index (χ0n) is 8.56. The van der Waals surface area contributed by atoms with Gasteiger partial charge in [-0.1, -0.05) is 17.7 Å². The van der Waals surface area contributed by atoms with Gasteiger partial charge in [-0.05, 0) is 23.6 Å². The van der Waals surface area contributed by atoms with Crippen molar-refractivity contribution in [2.24, 2.45) is 5.73 Å². The Morgan fingerprint density at radius 1 is 1.35 bits per heavy atom. The zero-order chi connectivity index (χ0) is 11.7. The van der Waals surface area contributed by atoms with E-state index in [9.17, 15) is 9.50 Å². The minimum absolute atomic E-state index is 0. The first-order chi connectivity index (χ1) is 7.61. The second-order valence-electron chi connectivity index (χ2n) is 3.28. The van der Waals surface area contributed by atoms with Gasteiger partial charge in [0.25, 0.3) is 0 Å². The maximum atomic E-state index is 13.2. The van der Waals surface area contributed by atoms with Gasteiger partial charge in [-0.2, -0.15) is 0 Å². The molecule has 0 unspecified atom stereocenters.